The van der Waals surface area contributed by atoms with Gasteiger partial charge in [-0.25, -0.2) is 0 Å². The maximum atomic E-state index is 9.63. The van der Waals surface area contributed by atoms with E-state index in [0.717, 1.165) is 5.82 Å². The molecule has 0 saturated heterocycles. The topological polar surface area (TPSA) is 54.8 Å². The van der Waals surface area contributed by atoms with E-state index in [1.807, 2.05) is 37.1 Å². The summed E-state index contributed by atoms with van der Waals surface area (Å²) >= 11 is 0. The highest BCUT2D eigenvalue weighted by molar-refractivity contribution is 5.39. The average Bonchev–Trinajstić information content (AvgIpc) is 2.30. The normalized spacial score (nSPS) is 12.2. The van der Waals surface area contributed by atoms with Crippen LogP contribution >= 0.6 is 0 Å². The molecule has 0 fully saturated rings. The molecule has 0 aromatic carbocycles. The molecule has 1 atom stereocenters. The molecule has 0 radical (unpaired) electrons. The number of anilines is 1. The molecule has 0 aliphatic rings. The Bertz CT molecular complexity index is 333. The Hall–Kier alpha value is -1.33. The first-order chi connectivity index (χ1) is 8.17. The maximum absolute atomic E-state index is 9.63. The summed E-state index contributed by atoms with van der Waals surface area (Å²) in [4.78, 5) is 6.19. The monoisotopic (exact) mass is 240 g/mol. The van der Waals surface area contributed by atoms with Crippen LogP contribution in [0.5, 0.6) is 5.88 Å². The van der Waals surface area contributed by atoms with Gasteiger partial charge in [0.05, 0.1) is 19.3 Å². The van der Waals surface area contributed by atoms with E-state index in [-0.39, 0.29) is 0 Å². The van der Waals surface area contributed by atoms with E-state index in [0.29, 0.717) is 25.6 Å². The second-order valence-electron chi connectivity index (χ2n) is 3.76. The highest BCUT2D eigenvalue weighted by Gasteiger charge is 2.10. The summed E-state index contributed by atoms with van der Waals surface area (Å²) < 4.78 is 10.2. The number of ether oxygens (including phenoxy) is 2. The lowest BCUT2D eigenvalue weighted by atomic mass is 10.3. The molecule has 17 heavy (non-hydrogen) atoms. The third-order valence-electron chi connectivity index (χ3n) is 2.24. The molecule has 5 heteroatoms. The van der Waals surface area contributed by atoms with Crippen LogP contribution in [-0.2, 0) is 4.74 Å². The van der Waals surface area contributed by atoms with Crippen LogP contribution in [0, 0.1) is 0 Å². The minimum atomic E-state index is -0.525. The van der Waals surface area contributed by atoms with Crippen LogP contribution in [0.3, 0.4) is 0 Å². The largest absolute Gasteiger partial charge is 0.478 e. The van der Waals surface area contributed by atoms with Crippen LogP contribution in [0.15, 0.2) is 18.2 Å². The number of likely N-dealkylation sites (N-methyl/N-ethyl adjacent to an activating group) is 1. The molecule has 0 aliphatic heterocycles. The lowest BCUT2D eigenvalue weighted by molar-refractivity contribution is 0.0694. The summed E-state index contributed by atoms with van der Waals surface area (Å²) in [6.07, 6.45) is -0.525. The van der Waals surface area contributed by atoms with Crippen molar-refractivity contribution in [2.45, 2.75) is 13.0 Å². The highest BCUT2D eigenvalue weighted by Crippen LogP contribution is 2.14. The van der Waals surface area contributed by atoms with Crippen molar-refractivity contribution < 1.29 is 14.6 Å². The van der Waals surface area contributed by atoms with Gasteiger partial charge in [0.2, 0.25) is 5.88 Å². The predicted molar refractivity (Wildman–Crippen MR) is 66.6 cm³/mol. The van der Waals surface area contributed by atoms with Gasteiger partial charge in [-0.3, -0.25) is 0 Å². The average molecular weight is 240 g/mol. The summed E-state index contributed by atoms with van der Waals surface area (Å²) in [5.41, 5.74) is 0. The van der Waals surface area contributed by atoms with Crippen molar-refractivity contribution in [3.05, 3.63) is 18.2 Å². The van der Waals surface area contributed by atoms with E-state index >= 15 is 0 Å². The Balaban J connectivity index is 2.61. The number of pyridine rings is 1. The third kappa shape index (κ3) is 4.58. The molecular formula is C12H20N2O3. The van der Waals surface area contributed by atoms with Crippen molar-refractivity contribution in [3.8, 4) is 5.88 Å². The van der Waals surface area contributed by atoms with Crippen molar-refractivity contribution in [1.82, 2.24) is 4.98 Å². The lowest BCUT2D eigenvalue weighted by Gasteiger charge is -2.21. The van der Waals surface area contributed by atoms with Crippen LogP contribution < -0.4 is 9.64 Å². The van der Waals surface area contributed by atoms with Gasteiger partial charge >= 0.3 is 0 Å². The van der Waals surface area contributed by atoms with E-state index in [1.54, 1.807) is 7.11 Å². The lowest BCUT2D eigenvalue weighted by Crippen LogP contribution is -2.32. The van der Waals surface area contributed by atoms with Gasteiger partial charge in [-0.1, -0.05) is 6.07 Å². The summed E-state index contributed by atoms with van der Waals surface area (Å²) in [5, 5.41) is 9.63. The smallest absolute Gasteiger partial charge is 0.215 e. The zero-order chi connectivity index (χ0) is 12.7. The highest BCUT2D eigenvalue weighted by atomic mass is 16.5. The molecule has 0 bridgehead atoms. The van der Waals surface area contributed by atoms with Crippen LogP contribution in [-0.4, -0.2) is 50.1 Å². The number of hydrogen-bond acceptors (Lipinski definition) is 5. The maximum Gasteiger partial charge on any atom is 0.215 e. The van der Waals surface area contributed by atoms with Crippen molar-refractivity contribution in [2.75, 3.05) is 38.8 Å². The van der Waals surface area contributed by atoms with Gasteiger partial charge in [0.25, 0.3) is 0 Å². The molecule has 0 aliphatic carbocycles. The fraction of sp³-hybridized carbons (Fsp3) is 0.583. The molecule has 1 N–H and O–H groups in total. The quantitative estimate of drug-likeness (QED) is 0.768. The zero-order valence-electron chi connectivity index (χ0n) is 10.6. The van der Waals surface area contributed by atoms with Crippen molar-refractivity contribution in [1.29, 1.82) is 0 Å². The van der Waals surface area contributed by atoms with Crippen molar-refractivity contribution in [3.63, 3.8) is 0 Å². The van der Waals surface area contributed by atoms with Crippen LogP contribution in [0.25, 0.3) is 0 Å². The molecule has 1 aromatic heterocycles. The first-order valence-corrected chi connectivity index (χ1v) is 5.65. The van der Waals surface area contributed by atoms with Crippen LogP contribution in [0.1, 0.15) is 6.92 Å². The predicted octanol–water partition coefficient (Wildman–Crippen LogP) is 0.924. The van der Waals surface area contributed by atoms with Crippen molar-refractivity contribution >= 4 is 5.82 Å². The zero-order valence-corrected chi connectivity index (χ0v) is 10.6. The molecule has 5 nitrogen and oxygen atoms in total. The Morgan fingerprint density at radius 3 is 2.88 bits per heavy atom. The first-order valence-electron chi connectivity index (χ1n) is 5.65. The molecule has 1 rings (SSSR count). The molecule has 0 spiro atoms. The van der Waals surface area contributed by atoms with Gasteiger partial charge in [-0.05, 0) is 13.0 Å². The van der Waals surface area contributed by atoms with Gasteiger partial charge in [0, 0.05) is 26.8 Å². The number of aliphatic hydroxyl groups excluding tert-OH is 1. The third-order valence-corrected chi connectivity index (χ3v) is 2.24. The van der Waals surface area contributed by atoms with Crippen LogP contribution in [0.4, 0.5) is 5.82 Å². The van der Waals surface area contributed by atoms with E-state index in [1.165, 1.54) is 0 Å². The molecule has 0 amide bonds. The Morgan fingerprint density at radius 2 is 2.24 bits per heavy atom. The van der Waals surface area contributed by atoms with E-state index in [4.69, 9.17) is 9.47 Å². The fourth-order valence-electron chi connectivity index (χ4n) is 1.50. The van der Waals surface area contributed by atoms with Gasteiger partial charge in [-0.2, -0.15) is 4.98 Å². The Kier molecular flexibility index (Phi) is 5.72. The number of aromatic nitrogens is 1. The number of methoxy groups -OCH3 is 1. The summed E-state index contributed by atoms with van der Waals surface area (Å²) in [7, 11) is 3.44. The number of nitrogens with zero attached hydrogens (tertiary/aromatic N) is 2. The first kappa shape index (κ1) is 13.7. The SMILES string of the molecule is CCOc1cccc(N(C)CC(O)COC)n1. The fourth-order valence-corrected chi connectivity index (χ4v) is 1.50. The van der Waals surface area contributed by atoms with E-state index < -0.39 is 6.10 Å². The molecule has 1 aromatic rings. The molecule has 1 unspecified atom stereocenters. The van der Waals surface area contributed by atoms with Crippen molar-refractivity contribution in [2.24, 2.45) is 0 Å². The summed E-state index contributed by atoms with van der Waals surface area (Å²) in [6, 6.07) is 5.57. The summed E-state index contributed by atoms with van der Waals surface area (Å²) in [6.45, 7) is 3.29. The minimum Gasteiger partial charge on any atom is -0.478 e. The van der Waals surface area contributed by atoms with E-state index in [2.05, 4.69) is 4.98 Å². The van der Waals surface area contributed by atoms with Crippen LogP contribution in [0.2, 0.25) is 0 Å². The van der Waals surface area contributed by atoms with E-state index in [9.17, 15) is 5.11 Å². The second-order valence-corrected chi connectivity index (χ2v) is 3.76. The Labute approximate surface area is 102 Å². The second kappa shape index (κ2) is 7.09. The molecule has 0 saturated carbocycles. The van der Waals surface area contributed by atoms with Gasteiger partial charge < -0.3 is 19.5 Å². The van der Waals surface area contributed by atoms with Gasteiger partial charge in [-0.15, -0.1) is 0 Å². The number of hydrogen-bond donors (Lipinski definition) is 1. The van der Waals surface area contributed by atoms with Gasteiger partial charge in [0.15, 0.2) is 0 Å². The molecule has 96 valence electrons. The standard InChI is InChI=1S/C12H20N2O3/c1-4-17-12-7-5-6-11(13-12)14(2)8-10(15)9-16-3/h5-7,10,15H,4,8-9H2,1-3H3. The number of aliphatic hydroxyl groups is 1. The Morgan fingerprint density at radius 1 is 1.47 bits per heavy atom. The molecule has 1 heterocycles. The molecular weight excluding hydrogens is 220 g/mol. The number of rotatable bonds is 7. The van der Waals surface area contributed by atoms with Gasteiger partial charge in [0.1, 0.15) is 5.82 Å². The minimum absolute atomic E-state index is 0.315. The summed E-state index contributed by atoms with van der Waals surface area (Å²) in [5.74, 6) is 1.36.